The number of aryl methyl sites for hydroxylation is 2. The third-order valence-electron chi connectivity index (χ3n) is 3.49. The number of rotatable bonds is 7. The van der Waals surface area contributed by atoms with Crippen molar-refractivity contribution < 1.29 is 4.74 Å². The maximum absolute atomic E-state index is 6.25. The zero-order valence-electron chi connectivity index (χ0n) is 10.8. The van der Waals surface area contributed by atoms with Crippen molar-refractivity contribution >= 4 is 0 Å². The molecule has 1 saturated carbocycles. The summed E-state index contributed by atoms with van der Waals surface area (Å²) >= 11 is 0. The summed E-state index contributed by atoms with van der Waals surface area (Å²) in [6.07, 6.45) is 8.50. The van der Waals surface area contributed by atoms with E-state index < -0.39 is 0 Å². The van der Waals surface area contributed by atoms with Crippen molar-refractivity contribution in [2.75, 3.05) is 6.61 Å². The van der Waals surface area contributed by atoms with Crippen LogP contribution in [0.15, 0.2) is 12.4 Å². The van der Waals surface area contributed by atoms with Crippen LogP contribution in [-0.2, 0) is 18.2 Å². The molecule has 1 fully saturated rings. The number of nitrogens with zero attached hydrogens (tertiary/aromatic N) is 2. The molecule has 17 heavy (non-hydrogen) atoms. The van der Waals surface area contributed by atoms with E-state index in [0.29, 0.717) is 5.92 Å². The molecule has 0 amide bonds. The lowest BCUT2D eigenvalue weighted by atomic mass is 10.0. The lowest BCUT2D eigenvalue weighted by Crippen LogP contribution is -2.39. The number of ether oxygens (including phenoxy) is 1. The molecule has 1 aliphatic rings. The summed E-state index contributed by atoms with van der Waals surface area (Å²) in [5, 5.41) is 0. The molecule has 2 rings (SSSR count). The van der Waals surface area contributed by atoms with E-state index in [4.69, 9.17) is 10.5 Å². The second-order valence-electron chi connectivity index (χ2n) is 4.91. The average molecular weight is 237 g/mol. The molecular weight excluding hydrogens is 214 g/mol. The molecule has 0 saturated heterocycles. The van der Waals surface area contributed by atoms with Gasteiger partial charge in [-0.05, 0) is 32.1 Å². The standard InChI is InChI=1S/C13H23N3O/c1-3-17-13(10-4-5-10)11(14)6-7-12-15-8-9-16(12)2/h8-11,13H,3-7,14H2,1-2H3. The highest BCUT2D eigenvalue weighted by atomic mass is 16.5. The Morgan fingerprint density at radius 3 is 2.88 bits per heavy atom. The first-order valence-electron chi connectivity index (χ1n) is 6.55. The number of hydrogen-bond donors (Lipinski definition) is 1. The molecule has 1 heterocycles. The van der Waals surface area contributed by atoms with Gasteiger partial charge < -0.3 is 15.0 Å². The highest BCUT2D eigenvalue weighted by Crippen LogP contribution is 2.36. The van der Waals surface area contributed by atoms with Crippen molar-refractivity contribution in [1.29, 1.82) is 0 Å². The maximum Gasteiger partial charge on any atom is 0.108 e. The summed E-state index contributed by atoms with van der Waals surface area (Å²) in [5.74, 6) is 1.80. The molecule has 0 radical (unpaired) electrons. The maximum atomic E-state index is 6.25. The van der Waals surface area contributed by atoms with E-state index in [1.165, 1.54) is 12.8 Å². The van der Waals surface area contributed by atoms with Gasteiger partial charge in [0.1, 0.15) is 5.82 Å². The van der Waals surface area contributed by atoms with Crippen LogP contribution in [0.3, 0.4) is 0 Å². The van der Waals surface area contributed by atoms with Gasteiger partial charge in [-0.3, -0.25) is 0 Å². The molecule has 2 N–H and O–H groups in total. The summed E-state index contributed by atoms with van der Waals surface area (Å²) in [6.45, 7) is 2.80. The Balaban J connectivity index is 1.82. The predicted octanol–water partition coefficient (Wildman–Crippen LogP) is 1.50. The van der Waals surface area contributed by atoms with Crippen molar-refractivity contribution in [3.05, 3.63) is 18.2 Å². The smallest absolute Gasteiger partial charge is 0.108 e. The van der Waals surface area contributed by atoms with Crippen LogP contribution in [0.1, 0.15) is 32.0 Å². The molecule has 2 unspecified atom stereocenters. The van der Waals surface area contributed by atoms with Gasteiger partial charge in [-0.2, -0.15) is 0 Å². The fourth-order valence-electron chi connectivity index (χ4n) is 2.32. The summed E-state index contributed by atoms with van der Waals surface area (Å²) < 4.78 is 7.83. The molecular formula is C13H23N3O. The zero-order chi connectivity index (χ0) is 12.3. The van der Waals surface area contributed by atoms with Crippen molar-refractivity contribution in [2.45, 2.75) is 44.8 Å². The van der Waals surface area contributed by atoms with Gasteiger partial charge in [0.05, 0.1) is 6.10 Å². The Morgan fingerprint density at radius 2 is 2.35 bits per heavy atom. The summed E-state index contributed by atoms with van der Waals surface area (Å²) in [4.78, 5) is 4.32. The second-order valence-corrected chi connectivity index (χ2v) is 4.91. The Labute approximate surface area is 103 Å². The molecule has 4 heteroatoms. The fourth-order valence-corrected chi connectivity index (χ4v) is 2.32. The van der Waals surface area contributed by atoms with Gasteiger partial charge in [0.2, 0.25) is 0 Å². The van der Waals surface area contributed by atoms with Crippen LogP contribution in [-0.4, -0.2) is 28.3 Å². The van der Waals surface area contributed by atoms with Crippen LogP contribution in [0.25, 0.3) is 0 Å². The van der Waals surface area contributed by atoms with Crippen LogP contribution in [0.2, 0.25) is 0 Å². The minimum absolute atomic E-state index is 0.138. The normalized spacial score (nSPS) is 19.2. The monoisotopic (exact) mass is 237 g/mol. The predicted molar refractivity (Wildman–Crippen MR) is 67.6 cm³/mol. The van der Waals surface area contributed by atoms with E-state index >= 15 is 0 Å². The SMILES string of the molecule is CCOC(C(N)CCc1nccn1C)C1CC1. The quantitative estimate of drug-likeness (QED) is 0.782. The molecule has 0 bridgehead atoms. The van der Waals surface area contributed by atoms with Crippen molar-refractivity contribution in [1.82, 2.24) is 9.55 Å². The number of hydrogen-bond acceptors (Lipinski definition) is 3. The van der Waals surface area contributed by atoms with Crippen LogP contribution >= 0.6 is 0 Å². The van der Waals surface area contributed by atoms with Gasteiger partial charge in [-0.25, -0.2) is 4.98 Å². The molecule has 1 aromatic rings. The summed E-state index contributed by atoms with van der Waals surface area (Å²) in [6, 6.07) is 0.138. The summed E-state index contributed by atoms with van der Waals surface area (Å²) in [5.41, 5.74) is 6.25. The lowest BCUT2D eigenvalue weighted by Gasteiger charge is -2.23. The topological polar surface area (TPSA) is 53.1 Å². The van der Waals surface area contributed by atoms with E-state index in [0.717, 1.165) is 25.3 Å². The average Bonchev–Trinajstić information content (AvgIpc) is 3.07. The fraction of sp³-hybridized carbons (Fsp3) is 0.769. The second kappa shape index (κ2) is 5.65. The van der Waals surface area contributed by atoms with Gasteiger partial charge in [-0.15, -0.1) is 0 Å². The third-order valence-corrected chi connectivity index (χ3v) is 3.49. The van der Waals surface area contributed by atoms with E-state index in [1.807, 2.05) is 26.4 Å². The minimum Gasteiger partial charge on any atom is -0.377 e. The first kappa shape index (κ1) is 12.6. The van der Waals surface area contributed by atoms with Crippen LogP contribution in [0.4, 0.5) is 0 Å². The van der Waals surface area contributed by atoms with Crippen molar-refractivity contribution in [3.8, 4) is 0 Å². The van der Waals surface area contributed by atoms with Gasteiger partial charge >= 0.3 is 0 Å². The van der Waals surface area contributed by atoms with Gasteiger partial charge in [-0.1, -0.05) is 0 Å². The number of imidazole rings is 1. The zero-order valence-corrected chi connectivity index (χ0v) is 10.8. The molecule has 1 aromatic heterocycles. The van der Waals surface area contributed by atoms with Gasteiger partial charge in [0, 0.05) is 38.5 Å². The van der Waals surface area contributed by atoms with Crippen LogP contribution in [0.5, 0.6) is 0 Å². The van der Waals surface area contributed by atoms with Crippen molar-refractivity contribution in [2.24, 2.45) is 18.7 Å². The Morgan fingerprint density at radius 1 is 1.59 bits per heavy atom. The third kappa shape index (κ3) is 3.30. The highest BCUT2D eigenvalue weighted by molar-refractivity contribution is 4.94. The Hall–Kier alpha value is -0.870. The largest absolute Gasteiger partial charge is 0.377 e. The van der Waals surface area contributed by atoms with Gasteiger partial charge in [0.25, 0.3) is 0 Å². The molecule has 96 valence electrons. The first-order valence-corrected chi connectivity index (χ1v) is 6.55. The molecule has 1 aliphatic carbocycles. The van der Waals surface area contributed by atoms with Crippen LogP contribution < -0.4 is 5.73 Å². The molecule has 0 spiro atoms. The van der Waals surface area contributed by atoms with Gasteiger partial charge in [0.15, 0.2) is 0 Å². The minimum atomic E-state index is 0.138. The molecule has 4 nitrogen and oxygen atoms in total. The van der Waals surface area contributed by atoms with E-state index in [2.05, 4.69) is 9.55 Å². The van der Waals surface area contributed by atoms with E-state index in [9.17, 15) is 0 Å². The molecule has 0 aromatic carbocycles. The summed E-state index contributed by atoms with van der Waals surface area (Å²) in [7, 11) is 2.02. The van der Waals surface area contributed by atoms with Crippen LogP contribution in [0, 0.1) is 5.92 Å². The van der Waals surface area contributed by atoms with E-state index in [1.54, 1.807) is 0 Å². The van der Waals surface area contributed by atoms with Crippen molar-refractivity contribution in [3.63, 3.8) is 0 Å². The molecule has 0 aliphatic heterocycles. The lowest BCUT2D eigenvalue weighted by molar-refractivity contribution is 0.0267. The Bertz CT molecular complexity index is 346. The highest BCUT2D eigenvalue weighted by Gasteiger charge is 2.35. The molecule has 2 atom stereocenters. The number of aromatic nitrogens is 2. The number of nitrogens with two attached hydrogens (primary N) is 1. The van der Waals surface area contributed by atoms with E-state index in [-0.39, 0.29) is 12.1 Å². The Kier molecular flexibility index (Phi) is 4.18. The first-order chi connectivity index (χ1) is 8.22.